The number of nitrogens with one attached hydrogen (secondary N) is 1. The number of hydrogen-bond acceptors (Lipinski definition) is 3. The van der Waals surface area contributed by atoms with Gasteiger partial charge < -0.3 is 15.8 Å². The highest BCUT2D eigenvalue weighted by molar-refractivity contribution is 6.04. The number of halogens is 1. The van der Waals surface area contributed by atoms with Gasteiger partial charge in [0.2, 0.25) is 0 Å². The molecule has 0 heterocycles. The molecule has 2 rings (SSSR count). The molecule has 4 nitrogen and oxygen atoms in total. The molecule has 0 aromatic heterocycles. The fourth-order valence-electron chi connectivity index (χ4n) is 1.68. The first kappa shape index (κ1) is 15.7. The first-order chi connectivity index (χ1) is 10.6. The van der Waals surface area contributed by atoms with Crippen molar-refractivity contribution < 1.29 is 13.9 Å². The van der Waals surface area contributed by atoms with E-state index in [-0.39, 0.29) is 11.7 Å². The van der Waals surface area contributed by atoms with Crippen molar-refractivity contribution >= 4 is 11.6 Å². The first-order valence-corrected chi connectivity index (χ1v) is 6.75. The van der Waals surface area contributed by atoms with Gasteiger partial charge in [-0.15, -0.1) is 0 Å². The lowest BCUT2D eigenvalue weighted by atomic mass is 10.2. The smallest absolute Gasteiger partial charge is 0.255 e. The molecule has 0 bridgehead atoms. The van der Waals surface area contributed by atoms with Crippen LogP contribution in [-0.2, 0) is 0 Å². The highest BCUT2D eigenvalue weighted by Crippen LogP contribution is 2.15. The fourth-order valence-corrected chi connectivity index (χ4v) is 1.68. The average Bonchev–Trinajstić information content (AvgIpc) is 2.55. The minimum absolute atomic E-state index is 0.274. The van der Waals surface area contributed by atoms with E-state index < -0.39 is 0 Å². The molecule has 5 heteroatoms. The van der Waals surface area contributed by atoms with Crippen molar-refractivity contribution in [2.45, 2.75) is 0 Å². The summed E-state index contributed by atoms with van der Waals surface area (Å²) in [7, 11) is 0. The summed E-state index contributed by atoms with van der Waals surface area (Å²) in [5.41, 5.74) is 7.23. The topological polar surface area (TPSA) is 64.3 Å². The van der Waals surface area contributed by atoms with E-state index in [4.69, 9.17) is 10.5 Å². The van der Waals surface area contributed by atoms with Crippen LogP contribution in [0.5, 0.6) is 5.75 Å². The summed E-state index contributed by atoms with van der Waals surface area (Å²) in [5.74, 6) is 0.0102. The number of hydrogen-bond donors (Lipinski definition) is 2. The molecule has 1 amide bonds. The summed E-state index contributed by atoms with van der Waals surface area (Å²) in [5, 5.41) is 2.69. The molecule has 3 N–H and O–H groups in total. The van der Waals surface area contributed by atoms with Crippen molar-refractivity contribution in [1.29, 1.82) is 0 Å². The van der Waals surface area contributed by atoms with Gasteiger partial charge in [0, 0.05) is 17.8 Å². The Kier molecular flexibility index (Phi) is 5.27. The largest absolute Gasteiger partial charge is 0.489 e. The van der Waals surface area contributed by atoms with Gasteiger partial charge in [-0.25, -0.2) is 4.39 Å². The molecule has 0 saturated heterocycles. The van der Waals surface area contributed by atoms with Gasteiger partial charge in [0.15, 0.2) is 0 Å². The van der Waals surface area contributed by atoms with Crippen molar-refractivity contribution in [3.63, 3.8) is 0 Å². The maximum Gasteiger partial charge on any atom is 0.255 e. The van der Waals surface area contributed by atoms with Gasteiger partial charge in [0.1, 0.15) is 18.2 Å². The lowest BCUT2D eigenvalue weighted by molar-refractivity contribution is 0.102. The first-order valence-electron chi connectivity index (χ1n) is 6.75. The predicted octanol–water partition coefficient (Wildman–Crippen LogP) is 2.97. The number of rotatable bonds is 6. The van der Waals surface area contributed by atoms with Crippen LogP contribution in [0.15, 0.2) is 60.7 Å². The van der Waals surface area contributed by atoms with Crippen LogP contribution in [0, 0.1) is 5.82 Å². The van der Waals surface area contributed by atoms with Crippen molar-refractivity contribution in [3.8, 4) is 5.75 Å². The number of carbonyl (C=O) groups is 1. The molecule has 22 heavy (non-hydrogen) atoms. The molecule has 0 spiro atoms. The zero-order valence-electron chi connectivity index (χ0n) is 12.0. The Morgan fingerprint density at radius 2 is 1.77 bits per heavy atom. The van der Waals surface area contributed by atoms with Crippen LogP contribution in [0.4, 0.5) is 10.1 Å². The molecular formula is C17H17FN2O2. The second-order valence-corrected chi connectivity index (χ2v) is 4.73. The van der Waals surface area contributed by atoms with E-state index in [1.54, 1.807) is 24.3 Å². The fraction of sp³-hybridized carbons (Fsp3) is 0.118. The Hall–Kier alpha value is -2.66. The SMILES string of the molecule is C=C(CN)COc1ccc(C(=O)Nc2ccc(F)cc2)cc1. The van der Waals surface area contributed by atoms with Crippen molar-refractivity contribution in [2.75, 3.05) is 18.5 Å². The van der Waals surface area contributed by atoms with Crippen LogP contribution in [0.25, 0.3) is 0 Å². The van der Waals surface area contributed by atoms with Crippen LogP contribution in [-0.4, -0.2) is 19.1 Å². The lowest BCUT2D eigenvalue weighted by Crippen LogP contribution is -2.12. The molecule has 0 atom stereocenters. The normalized spacial score (nSPS) is 10.1. The zero-order valence-corrected chi connectivity index (χ0v) is 12.0. The Labute approximate surface area is 128 Å². The number of amides is 1. The molecule has 0 aliphatic rings. The quantitative estimate of drug-likeness (QED) is 0.806. The van der Waals surface area contributed by atoms with Crippen LogP contribution < -0.4 is 15.8 Å². The standard InChI is InChI=1S/C17H17FN2O2/c1-12(10-19)11-22-16-8-2-13(3-9-16)17(21)20-15-6-4-14(18)5-7-15/h2-9H,1,10-11,19H2,(H,20,21). The monoisotopic (exact) mass is 300 g/mol. The predicted molar refractivity (Wildman–Crippen MR) is 84.5 cm³/mol. The Bertz CT molecular complexity index is 651. The third kappa shape index (κ3) is 4.43. The third-order valence-electron chi connectivity index (χ3n) is 2.95. The highest BCUT2D eigenvalue weighted by atomic mass is 19.1. The van der Waals surface area contributed by atoms with Gasteiger partial charge >= 0.3 is 0 Å². The van der Waals surface area contributed by atoms with Crippen LogP contribution >= 0.6 is 0 Å². The molecular weight excluding hydrogens is 283 g/mol. The molecule has 0 fully saturated rings. The molecule has 2 aromatic carbocycles. The van der Waals surface area contributed by atoms with Crippen molar-refractivity contribution in [3.05, 3.63) is 72.1 Å². The Morgan fingerprint density at radius 1 is 1.14 bits per heavy atom. The van der Waals surface area contributed by atoms with Gasteiger partial charge in [-0.05, 0) is 54.1 Å². The van der Waals surface area contributed by atoms with E-state index in [1.165, 1.54) is 24.3 Å². The van der Waals surface area contributed by atoms with Crippen LogP contribution in [0.3, 0.4) is 0 Å². The van der Waals surface area contributed by atoms with E-state index in [2.05, 4.69) is 11.9 Å². The van der Waals surface area contributed by atoms with Crippen molar-refractivity contribution in [1.82, 2.24) is 0 Å². The molecule has 0 radical (unpaired) electrons. The molecule has 2 aromatic rings. The Balaban J connectivity index is 1.96. The van der Waals surface area contributed by atoms with Gasteiger partial charge in [-0.1, -0.05) is 6.58 Å². The number of ether oxygens (including phenoxy) is 1. The van der Waals surface area contributed by atoms with Crippen LogP contribution in [0.1, 0.15) is 10.4 Å². The third-order valence-corrected chi connectivity index (χ3v) is 2.95. The molecule has 0 aliphatic heterocycles. The van der Waals surface area contributed by atoms with Crippen molar-refractivity contribution in [2.24, 2.45) is 5.73 Å². The van der Waals surface area contributed by atoms with E-state index in [0.29, 0.717) is 30.2 Å². The maximum absolute atomic E-state index is 12.8. The number of anilines is 1. The maximum atomic E-state index is 12.8. The second-order valence-electron chi connectivity index (χ2n) is 4.73. The number of carbonyl (C=O) groups excluding carboxylic acids is 1. The van der Waals surface area contributed by atoms with E-state index >= 15 is 0 Å². The van der Waals surface area contributed by atoms with E-state index in [1.807, 2.05) is 0 Å². The van der Waals surface area contributed by atoms with Crippen LogP contribution in [0.2, 0.25) is 0 Å². The summed E-state index contributed by atoms with van der Waals surface area (Å²) in [6, 6.07) is 12.3. The minimum atomic E-state index is -0.349. The molecule has 114 valence electrons. The average molecular weight is 300 g/mol. The summed E-state index contributed by atoms with van der Waals surface area (Å²) in [6.07, 6.45) is 0. The number of benzene rings is 2. The van der Waals surface area contributed by atoms with Gasteiger partial charge in [0.25, 0.3) is 5.91 Å². The summed E-state index contributed by atoms with van der Waals surface area (Å²) < 4.78 is 18.3. The minimum Gasteiger partial charge on any atom is -0.489 e. The van der Waals surface area contributed by atoms with Gasteiger partial charge in [-0.3, -0.25) is 4.79 Å². The van der Waals surface area contributed by atoms with E-state index in [9.17, 15) is 9.18 Å². The van der Waals surface area contributed by atoms with Gasteiger partial charge in [-0.2, -0.15) is 0 Å². The highest BCUT2D eigenvalue weighted by Gasteiger charge is 2.06. The summed E-state index contributed by atoms with van der Waals surface area (Å²) in [4.78, 5) is 12.0. The lowest BCUT2D eigenvalue weighted by Gasteiger charge is -2.08. The molecule has 0 saturated carbocycles. The van der Waals surface area contributed by atoms with E-state index in [0.717, 1.165) is 5.57 Å². The zero-order chi connectivity index (χ0) is 15.9. The molecule has 0 unspecified atom stereocenters. The molecule has 0 aliphatic carbocycles. The van der Waals surface area contributed by atoms with Gasteiger partial charge in [0.05, 0.1) is 0 Å². The summed E-state index contributed by atoms with van der Waals surface area (Å²) in [6.45, 7) is 4.46. The number of nitrogens with two attached hydrogens (primary N) is 1. The Morgan fingerprint density at radius 3 is 2.36 bits per heavy atom. The second kappa shape index (κ2) is 7.38. The summed E-state index contributed by atoms with van der Waals surface area (Å²) >= 11 is 0.